The smallest absolute Gasteiger partial charge is 0.155 e. The van der Waals surface area contributed by atoms with E-state index >= 15 is 0 Å². The molecule has 2 rings (SSSR count). The lowest BCUT2D eigenvalue weighted by atomic mass is 9.80. The van der Waals surface area contributed by atoms with Crippen molar-refractivity contribution in [3.63, 3.8) is 0 Å². The fraction of sp³-hybridized carbons (Fsp3) is 0.667. The van der Waals surface area contributed by atoms with Crippen LogP contribution in [-0.4, -0.2) is 29.7 Å². The number of carbonyl (C=O) groups is 1. The summed E-state index contributed by atoms with van der Waals surface area (Å²) in [6.45, 7) is 5.26. The van der Waals surface area contributed by atoms with Crippen molar-refractivity contribution in [1.82, 2.24) is 4.98 Å². The molecule has 1 fully saturated rings. The molecule has 1 saturated carbocycles. The first-order valence-electron chi connectivity index (χ1n) is 8.34. The van der Waals surface area contributed by atoms with Crippen molar-refractivity contribution in [2.45, 2.75) is 57.6 Å². The zero-order valence-corrected chi connectivity index (χ0v) is 15.1. The van der Waals surface area contributed by atoms with Crippen LogP contribution in [0.4, 0.5) is 0 Å². The Hall–Kier alpha value is -1.23. The van der Waals surface area contributed by atoms with Crippen LogP contribution in [0.3, 0.4) is 0 Å². The number of carbonyl (C=O) groups excluding carboxylic acids is 1. The van der Waals surface area contributed by atoms with E-state index in [1.807, 2.05) is 18.2 Å². The lowest BCUT2D eigenvalue weighted by Crippen LogP contribution is -2.35. The van der Waals surface area contributed by atoms with Gasteiger partial charge in [-0.1, -0.05) is 6.07 Å². The maximum absolute atomic E-state index is 12.4. The Bertz CT molecular complexity index is 624. The van der Waals surface area contributed by atoms with Gasteiger partial charge in [-0.25, -0.2) is 8.42 Å². The molecule has 128 valence electrons. The molecule has 0 atom stereocenters. The molecule has 4 nitrogen and oxygen atoms in total. The summed E-state index contributed by atoms with van der Waals surface area (Å²) in [5.41, 5.74) is 0.815. The van der Waals surface area contributed by atoms with Gasteiger partial charge in [0, 0.05) is 24.2 Å². The number of hydrogen-bond donors (Lipinski definition) is 0. The van der Waals surface area contributed by atoms with E-state index in [2.05, 4.69) is 4.98 Å². The number of pyridine rings is 1. The van der Waals surface area contributed by atoms with Gasteiger partial charge < -0.3 is 0 Å². The number of hydrogen-bond acceptors (Lipinski definition) is 4. The van der Waals surface area contributed by atoms with Crippen molar-refractivity contribution >= 4 is 15.6 Å². The largest absolute Gasteiger partial charge is 0.299 e. The second kappa shape index (κ2) is 7.12. The Kier molecular flexibility index (Phi) is 5.61. The second-order valence-electron chi connectivity index (χ2n) is 7.58. The second-order valence-corrected chi connectivity index (χ2v) is 10.4. The van der Waals surface area contributed by atoms with Crippen LogP contribution in [0.2, 0.25) is 0 Å². The number of sulfone groups is 1. The molecule has 0 saturated heterocycles. The molecule has 1 aromatic heterocycles. The van der Waals surface area contributed by atoms with Crippen molar-refractivity contribution in [2.24, 2.45) is 11.8 Å². The molecule has 23 heavy (non-hydrogen) atoms. The predicted octanol–water partition coefficient (Wildman–Crippen LogP) is 3.21. The quantitative estimate of drug-likeness (QED) is 0.827. The fourth-order valence-corrected chi connectivity index (χ4v) is 4.49. The first kappa shape index (κ1) is 18.1. The molecule has 1 aromatic rings. The van der Waals surface area contributed by atoms with Gasteiger partial charge in [0.05, 0.1) is 10.5 Å². The summed E-state index contributed by atoms with van der Waals surface area (Å²) in [7, 11) is -3.08. The Morgan fingerprint density at radius 1 is 1.17 bits per heavy atom. The highest BCUT2D eigenvalue weighted by Gasteiger charge is 2.34. The van der Waals surface area contributed by atoms with Gasteiger partial charge in [0.15, 0.2) is 9.84 Å². The number of aromatic nitrogens is 1. The molecule has 0 bridgehead atoms. The van der Waals surface area contributed by atoms with Crippen LogP contribution in [-0.2, 0) is 21.1 Å². The molecule has 1 aliphatic rings. The minimum absolute atomic E-state index is 0.0607. The van der Waals surface area contributed by atoms with E-state index in [0.29, 0.717) is 6.42 Å². The summed E-state index contributed by atoms with van der Waals surface area (Å²) in [5, 5.41) is 0. The maximum Gasteiger partial charge on any atom is 0.155 e. The van der Waals surface area contributed by atoms with Crippen LogP contribution in [0.5, 0.6) is 0 Å². The minimum Gasteiger partial charge on any atom is -0.299 e. The van der Waals surface area contributed by atoms with Gasteiger partial charge >= 0.3 is 0 Å². The molecular weight excluding hydrogens is 310 g/mol. The summed E-state index contributed by atoms with van der Waals surface area (Å²) in [4.78, 5) is 16.6. The maximum atomic E-state index is 12.4. The summed E-state index contributed by atoms with van der Waals surface area (Å²) >= 11 is 0. The molecule has 0 N–H and O–H groups in total. The van der Waals surface area contributed by atoms with Crippen LogP contribution in [0.25, 0.3) is 0 Å². The lowest BCUT2D eigenvalue weighted by molar-refractivity contribution is -0.123. The van der Waals surface area contributed by atoms with Crippen molar-refractivity contribution < 1.29 is 13.2 Å². The van der Waals surface area contributed by atoms with Gasteiger partial charge in [0.2, 0.25) is 0 Å². The van der Waals surface area contributed by atoms with Crippen LogP contribution < -0.4 is 0 Å². The normalized spacial score (nSPS) is 22.7. The van der Waals surface area contributed by atoms with E-state index in [-0.39, 0.29) is 23.4 Å². The Morgan fingerprint density at radius 3 is 2.35 bits per heavy atom. The van der Waals surface area contributed by atoms with E-state index in [4.69, 9.17) is 0 Å². The van der Waals surface area contributed by atoms with E-state index in [1.165, 1.54) is 0 Å². The number of rotatable bonds is 5. The third-order valence-electron chi connectivity index (χ3n) is 4.77. The zero-order chi connectivity index (χ0) is 17.1. The fourth-order valence-electron chi connectivity index (χ4n) is 3.04. The first-order chi connectivity index (χ1) is 10.7. The average Bonchev–Trinajstić information content (AvgIpc) is 2.47. The van der Waals surface area contributed by atoms with Crippen molar-refractivity contribution in [3.05, 3.63) is 30.1 Å². The molecule has 0 unspecified atom stereocenters. The van der Waals surface area contributed by atoms with Gasteiger partial charge in [-0.15, -0.1) is 0 Å². The molecule has 0 aliphatic heterocycles. The summed E-state index contributed by atoms with van der Waals surface area (Å²) < 4.78 is 23.9. The highest BCUT2D eigenvalue weighted by atomic mass is 32.2. The third kappa shape index (κ3) is 4.87. The van der Waals surface area contributed by atoms with Gasteiger partial charge in [-0.3, -0.25) is 9.78 Å². The number of ketones is 1. The van der Waals surface area contributed by atoms with Gasteiger partial charge in [0.1, 0.15) is 5.78 Å². The van der Waals surface area contributed by atoms with E-state index in [1.54, 1.807) is 27.0 Å². The Morgan fingerprint density at radius 2 is 1.83 bits per heavy atom. The van der Waals surface area contributed by atoms with Crippen LogP contribution in [0, 0.1) is 11.8 Å². The van der Waals surface area contributed by atoms with E-state index < -0.39 is 14.6 Å². The summed E-state index contributed by atoms with van der Waals surface area (Å²) in [6.07, 6.45) is 5.35. The van der Waals surface area contributed by atoms with Gasteiger partial charge in [-0.05, 0) is 64.5 Å². The SMILES string of the molecule is CC(C)(C)S(=O)(=O)CC1CCC(C(=O)Cc2ccccn2)CC1. The Labute approximate surface area is 139 Å². The molecule has 0 aromatic carbocycles. The number of nitrogens with zero attached hydrogens (tertiary/aromatic N) is 1. The molecular formula is C18H27NO3S. The van der Waals surface area contributed by atoms with Crippen molar-refractivity contribution in [1.29, 1.82) is 0 Å². The topological polar surface area (TPSA) is 64.1 Å². The monoisotopic (exact) mass is 337 g/mol. The van der Waals surface area contributed by atoms with Gasteiger partial charge in [-0.2, -0.15) is 0 Å². The van der Waals surface area contributed by atoms with Crippen molar-refractivity contribution in [3.8, 4) is 0 Å². The van der Waals surface area contributed by atoms with E-state index in [9.17, 15) is 13.2 Å². The molecule has 0 radical (unpaired) electrons. The van der Waals surface area contributed by atoms with Crippen molar-refractivity contribution in [2.75, 3.05) is 5.75 Å². The van der Waals surface area contributed by atoms with Crippen LogP contribution in [0.1, 0.15) is 52.1 Å². The molecule has 0 spiro atoms. The standard InChI is InChI=1S/C18H27NO3S/c1-18(2,3)23(21,22)13-14-7-9-15(10-8-14)17(20)12-16-6-4-5-11-19-16/h4-6,11,14-15H,7-10,12-13H2,1-3H3. The molecule has 5 heteroatoms. The summed E-state index contributed by atoms with van der Waals surface area (Å²) in [5.74, 6) is 0.738. The first-order valence-corrected chi connectivity index (χ1v) is 9.99. The van der Waals surface area contributed by atoms with Crippen LogP contribution in [0.15, 0.2) is 24.4 Å². The molecule has 0 amide bonds. The highest BCUT2D eigenvalue weighted by Crippen LogP contribution is 2.32. The zero-order valence-electron chi connectivity index (χ0n) is 14.3. The highest BCUT2D eigenvalue weighted by molar-refractivity contribution is 7.92. The average molecular weight is 337 g/mol. The Balaban J connectivity index is 1.85. The minimum atomic E-state index is -3.08. The lowest BCUT2D eigenvalue weighted by Gasteiger charge is -2.29. The number of Topliss-reactive ketones (excluding diaryl/α,β-unsaturated/α-hetero) is 1. The molecule has 1 heterocycles. The van der Waals surface area contributed by atoms with E-state index in [0.717, 1.165) is 31.4 Å². The third-order valence-corrected chi connectivity index (χ3v) is 7.55. The molecule has 1 aliphatic carbocycles. The predicted molar refractivity (Wildman–Crippen MR) is 91.9 cm³/mol. The van der Waals surface area contributed by atoms with Gasteiger partial charge in [0.25, 0.3) is 0 Å². The summed E-state index contributed by atoms with van der Waals surface area (Å²) in [6, 6.07) is 5.61. The van der Waals surface area contributed by atoms with Crippen LogP contribution >= 0.6 is 0 Å².